The first-order chi connectivity index (χ1) is 11.7. The smallest absolute Gasteiger partial charge is 0.227 e. The molecule has 1 atom stereocenters. The van der Waals surface area contributed by atoms with Crippen LogP contribution >= 0.6 is 12.4 Å². The lowest BCUT2D eigenvalue weighted by Crippen LogP contribution is -2.55. The van der Waals surface area contributed by atoms with Crippen LogP contribution in [0.5, 0.6) is 0 Å². The van der Waals surface area contributed by atoms with Crippen LogP contribution in [0.3, 0.4) is 0 Å². The van der Waals surface area contributed by atoms with E-state index in [0.717, 1.165) is 0 Å². The van der Waals surface area contributed by atoms with E-state index in [9.17, 15) is 9.18 Å². The maximum absolute atomic E-state index is 13.3. The number of benzene rings is 1. The van der Waals surface area contributed by atoms with Crippen molar-refractivity contribution in [2.75, 3.05) is 6.54 Å². The van der Waals surface area contributed by atoms with Crippen molar-refractivity contribution in [2.24, 2.45) is 11.7 Å². The molecule has 8 heteroatoms. The highest BCUT2D eigenvalue weighted by Gasteiger charge is 2.28. The second-order valence-corrected chi connectivity index (χ2v) is 6.80. The summed E-state index contributed by atoms with van der Waals surface area (Å²) in [5.74, 6) is 0.577. The number of carbonyl (C=O) groups is 1. The topological polar surface area (TPSA) is 94.0 Å². The van der Waals surface area contributed by atoms with Gasteiger partial charge in [0.05, 0.1) is 5.54 Å². The van der Waals surface area contributed by atoms with Crippen molar-refractivity contribution in [2.45, 2.75) is 46.1 Å². The standard InChI is InChI=1S/C18H25FN4O2.ClH/c1-11(2)18(4,10-20)22-15(24)7-8-16-21-17(23-25-16)13-5-6-14(19)12(3)9-13;/h5-6,9,11H,7-8,10,20H2,1-4H3,(H,22,24);1H. The number of carbonyl (C=O) groups excluding carboxylic acids is 1. The Labute approximate surface area is 159 Å². The van der Waals surface area contributed by atoms with Crippen LogP contribution in [0.15, 0.2) is 22.7 Å². The number of aromatic nitrogens is 2. The molecule has 3 N–H and O–H groups in total. The van der Waals surface area contributed by atoms with E-state index in [1.165, 1.54) is 6.07 Å². The normalized spacial score (nSPS) is 13.2. The van der Waals surface area contributed by atoms with E-state index in [-0.39, 0.29) is 36.5 Å². The Balaban J connectivity index is 0.00000338. The molecule has 0 radical (unpaired) electrons. The Bertz CT molecular complexity index is 751. The van der Waals surface area contributed by atoms with Crippen molar-refractivity contribution >= 4 is 18.3 Å². The average molecular weight is 385 g/mol. The SMILES string of the molecule is Cc1cc(-c2noc(CCC(=O)NC(C)(CN)C(C)C)n2)ccc1F.Cl. The first-order valence-electron chi connectivity index (χ1n) is 8.35. The number of nitrogens with zero attached hydrogens (tertiary/aromatic N) is 2. The van der Waals surface area contributed by atoms with Gasteiger partial charge in [-0.25, -0.2) is 4.39 Å². The summed E-state index contributed by atoms with van der Waals surface area (Å²) in [5, 5.41) is 6.86. The van der Waals surface area contributed by atoms with Gasteiger partial charge < -0.3 is 15.6 Å². The molecule has 0 spiro atoms. The molecule has 144 valence electrons. The number of nitrogens with one attached hydrogen (secondary N) is 1. The predicted molar refractivity (Wildman–Crippen MR) is 100 cm³/mol. The lowest BCUT2D eigenvalue weighted by Gasteiger charge is -2.33. The molecular weight excluding hydrogens is 359 g/mol. The number of amides is 1. The monoisotopic (exact) mass is 384 g/mol. The third kappa shape index (κ3) is 5.25. The van der Waals surface area contributed by atoms with Crippen LogP contribution in [0.4, 0.5) is 4.39 Å². The van der Waals surface area contributed by atoms with Gasteiger partial charge in [-0.2, -0.15) is 4.98 Å². The van der Waals surface area contributed by atoms with Crippen LogP contribution < -0.4 is 11.1 Å². The molecule has 0 aliphatic heterocycles. The van der Waals surface area contributed by atoms with Crippen LogP contribution in [0.2, 0.25) is 0 Å². The number of hydrogen-bond acceptors (Lipinski definition) is 5. The highest BCUT2D eigenvalue weighted by atomic mass is 35.5. The van der Waals surface area contributed by atoms with Gasteiger partial charge in [-0.15, -0.1) is 12.4 Å². The average Bonchev–Trinajstić information content (AvgIpc) is 3.04. The Morgan fingerprint density at radius 3 is 2.69 bits per heavy atom. The number of halogens is 2. The number of rotatable bonds is 7. The van der Waals surface area contributed by atoms with Crippen molar-refractivity contribution in [1.82, 2.24) is 15.5 Å². The molecule has 2 aromatic rings. The molecule has 6 nitrogen and oxygen atoms in total. The zero-order chi connectivity index (χ0) is 18.6. The molecule has 0 saturated heterocycles. The van der Waals surface area contributed by atoms with Crippen molar-refractivity contribution in [3.05, 3.63) is 35.5 Å². The predicted octanol–water partition coefficient (Wildman–Crippen LogP) is 3.03. The summed E-state index contributed by atoms with van der Waals surface area (Å²) in [6.45, 7) is 8.00. The maximum atomic E-state index is 13.3. The molecule has 0 fully saturated rings. The Morgan fingerprint density at radius 2 is 2.12 bits per heavy atom. The zero-order valence-corrected chi connectivity index (χ0v) is 16.3. The van der Waals surface area contributed by atoms with Gasteiger partial charge in [0.15, 0.2) is 0 Å². The van der Waals surface area contributed by atoms with E-state index in [4.69, 9.17) is 10.3 Å². The molecule has 1 heterocycles. The highest BCUT2D eigenvalue weighted by Crippen LogP contribution is 2.20. The van der Waals surface area contributed by atoms with E-state index >= 15 is 0 Å². The van der Waals surface area contributed by atoms with Crippen molar-refractivity contribution in [1.29, 1.82) is 0 Å². The molecule has 0 bridgehead atoms. The maximum Gasteiger partial charge on any atom is 0.227 e. The van der Waals surface area contributed by atoms with Crippen molar-refractivity contribution in [3.8, 4) is 11.4 Å². The third-order valence-corrected chi connectivity index (χ3v) is 4.57. The minimum absolute atomic E-state index is 0. The summed E-state index contributed by atoms with van der Waals surface area (Å²) in [6.07, 6.45) is 0.560. The Kier molecular flexibility index (Phi) is 7.71. The van der Waals surface area contributed by atoms with E-state index in [1.54, 1.807) is 19.1 Å². The first kappa shape index (κ1) is 22.1. The third-order valence-electron chi connectivity index (χ3n) is 4.57. The number of hydrogen-bond donors (Lipinski definition) is 2. The van der Waals surface area contributed by atoms with Gasteiger partial charge in [0.25, 0.3) is 0 Å². The van der Waals surface area contributed by atoms with Gasteiger partial charge in [-0.3, -0.25) is 4.79 Å². The van der Waals surface area contributed by atoms with Crippen LogP contribution in [0.25, 0.3) is 11.4 Å². The van der Waals surface area contributed by atoms with Crippen LogP contribution in [0, 0.1) is 18.7 Å². The van der Waals surface area contributed by atoms with Crippen LogP contribution in [-0.2, 0) is 11.2 Å². The first-order valence-corrected chi connectivity index (χ1v) is 8.35. The number of nitrogens with two attached hydrogens (primary N) is 1. The summed E-state index contributed by atoms with van der Waals surface area (Å²) in [7, 11) is 0. The van der Waals surface area contributed by atoms with Crippen LogP contribution in [0.1, 0.15) is 38.6 Å². The van der Waals surface area contributed by atoms with Gasteiger partial charge >= 0.3 is 0 Å². The molecule has 1 aromatic heterocycles. The van der Waals surface area contributed by atoms with E-state index in [2.05, 4.69) is 15.5 Å². The summed E-state index contributed by atoms with van der Waals surface area (Å²) < 4.78 is 18.5. The summed E-state index contributed by atoms with van der Waals surface area (Å²) in [4.78, 5) is 16.4. The van der Waals surface area contributed by atoms with E-state index in [1.807, 2.05) is 20.8 Å². The lowest BCUT2D eigenvalue weighted by atomic mass is 9.88. The van der Waals surface area contributed by atoms with Gasteiger partial charge in [-0.1, -0.05) is 19.0 Å². The minimum Gasteiger partial charge on any atom is -0.349 e. The molecule has 0 aliphatic carbocycles. The fourth-order valence-electron chi connectivity index (χ4n) is 2.29. The highest BCUT2D eigenvalue weighted by molar-refractivity contribution is 5.85. The van der Waals surface area contributed by atoms with E-state index in [0.29, 0.717) is 35.8 Å². The van der Waals surface area contributed by atoms with E-state index < -0.39 is 5.54 Å². The zero-order valence-electron chi connectivity index (χ0n) is 15.5. The molecule has 1 amide bonds. The molecule has 0 aliphatic rings. The summed E-state index contributed by atoms with van der Waals surface area (Å²) >= 11 is 0. The minimum atomic E-state index is -0.442. The number of aryl methyl sites for hydroxylation is 2. The molecule has 26 heavy (non-hydrogen) atoms. The molecule has 1 unspecified atom stereocenters. The van der Waals surface area contributed by atoms with Crippen molar-refractivity contribution < 1.29 is 13.7 Å². The molecule has 2 rings (SSSR count). The Hall–Kier alpha value is -1.99. The van der Waals surface area contributed by atoms with Crippen molar-refractivity contribution in [3.63, 3.8) is 0 Å². The summed E-state index contributed by atoms with van der Waals surface area (Å²) in [6, 6.07) is 4.62. The largest absolute Gasteiger partial charge is 0.349 e. The molecular formula is C18H26ClFN4O2. The summed E-state index contributed by atoms with van der Waals surface area (Å²) in [5.41, 5.74) is 6.52. The molecule has 0 saturated carbocycles. The van der Waals surface area contributed by atoms with Gasteiger partial charge in [-0.05, 0) is 43.5 Å². The second-order valence-electron chi connectivity index (χ2n) is 6.80. The van der Waals surface area contributed by atoms with Crippen LogP contribution in [-0.4, -0.2) is 28.1 Å². The second kappa shape index (κ2) is 9.09. The lowest BCUT2D eigenvalue weighted by molar-refractivity contribution is -0.123. The molecule has 1 aromatic carbocycles. The van der Waals surface area contributed by atoms with Gasteiger partial charge in [0.2, 0.25) is 17.6 Å². The van der Waals surface area contributed by atoms with Gasteiger partial charge in [0, 0.05) is 24.9 Å². The quantitative estimate of drug-likeness (QED) is 0.765. The fraction of sp³-hybridized carbons (Fsp3) is 0.500. The van der Waals surface area contributed by atoms with Gasteiger partial charge in [0.1, 0.15) is 5.82 Å². The fourth-order valence-corrected chi connectivity index (χ4v) is 2.29. The Morgan fingerprint density at radius 1 is 1.42 bits per heavy atom.